The number of nitrogens with one attached hydrogen (secondary N) is 2. The predicted molar refractivity (Wildman–Crippen MR) is 88.5 cm³/mol. The van der Waals surface area contributed by atoms with E-state index in [0.29, 0.717) is 11.7 Å². The molecule has 0 aliphatic carbocycles. The summed E-state index contributed by atoms with van der Waals surface area (Å²) in [7, 11) is 0. The summed E-state index contributed by atoms with van der Waals surface area (Å²) in [6.07, 6.45) is 0. The van der Waals surface area contributed by atoms with Gasteiger partial charge in [-0.05, 0) is 5.56 Å². The first-order valence-electron chi connectivity index (χ1n) is 7.50. The third-order valence-electron chi connectivity index (χ3n) is 3.71. The van der Waals surface area contributed by atoms with E-state index in [4.69, 9.17) is 4.74 Å². The molecule has 1 unspecified atom stereocenters. The van der Waals surface area contributed by atoms with Gasteiger partial charge in [0.15, 0.2) is 0 Å². The van der Waals surface area contributed by atoms with Gasteiger partial charge in [-0.25, -0.2) is 4.79 Å². The smallest absolute Gasteiger partial charge is 0.321 e. The molecule has 1 atom stereocenters. The van der Waals surface area contributed by atoms with Crippen molar-refractivity contribution in [3.05, 3.63) is 41.4 Å². The first-order valence-corrected chi connectivity index (χ1v) is 8.38. The molecule has 0 spiro atoms. The minimum absolute atomic E-state index is 0.125. The van der Waals surface area contributed by atoms with Gasteiger partial charge in [-0.3, -0.25) is 10.2 Å². The zero-order valence-corrected chi connectivity index (χ0v) is 13.5. The lowest BCUT2D eigenvalue weighted by atomic mass is 10.0. The zero-order valence-electron chi connectivity index (χ0n) is 12.6. The molecule has 0 bridgehead atoms. The lowest BCUT2D eigenvalue weighted by Gasteiger charge is -2.34. The summed E-state index contributed by atoms with van der Waals surface area (Å²) in [5.41, 5.74) is 2.77. The minimum atomic E-state index is -0.268. The van der Waals surface area contributed by atoms with Crippen molar-refractivity contribution in [1.29, 1.82) is 0 Å². The van der Waals surface area contributed by atoms with Crippen molar-refractivity contribution in [2.75, 3.05) is 38.2 Å². The van der Waals surface area contributed by atoms with Crippen LogP contribution in [-0.2, 0) is 4.74 Å². The topological polar surface area (TPSA) is 79.4 Å². The van der Waals surface area contributed by atoms with Gasteiger partial charge >= 0.3 is 6.03 Å². The number of rotatable bonds is 5. The number of hydrogen-bond donors (Lipinski definition) is 2. The second-order valence-corrected chi connectivity index (χ2v) is 5.99. The molecule has 0 radical (unpaired) electrons. The summed E-state index contributed by atoms with van der Waals surface area (Å²) in [5, 5.41) is 13.6. The molecule has 2 aromatic rings. The average Bonchev–Trinajstić information content (AvgIpc) is 3.10. The summed E-state index contributed by atoms with van der Waals surface area (Å²) >= 11 is 1.29. The van der Waals surface area contributed by atoms with E-state index in [9.17, 15) is 4.79 Å². The van der Waals surface area contributed by atoms with E-state index in [2.05, 4.69) is 37.9 Å². The van der Waals surface area contributed by atoms with Crippen molar-refractivity contribution < 1.29 is 9.53 Å². The van der Waals surface area contributed by atoms with Gasteiger partial charge in [-0.15, -0.1) is 10.2 Å². The molecular weight excluding hydrogens is 314 g/mol. The van der Waals surface area contributed by atoms with Crippen LogP contribution in [0, 0.1) is 0 Å². The van der Waals surface area contributed by atoms with Crippen molar-refractivity contribution in [1.82, 2.24) is 20.4 Å². The summed E-state index contributed by atoms with van der Waals surface area (Å²) in [6.45, 7) is 3.69. The summed E-state index contributed by atoms with van der Waals surface area (Å²) in [5.74, 6) is 0. The van der Waals surface area contributed by atoms with Crippen molar-refractivity contribution in [2.45, 2.75) is 6.04 Å². The number of carbonyl (C=O) groups is 1. The second kappa shape index (κ2) is 8.00. The maximum absolute atomic E-state index is 12.0. The van der Waals surface area contributed by atoms with E-state index >= 15 is 0 Å². The Morgan fingerprint density at radius 3 is 2.78 bits per heavy atom. The molecule has 122 valence electrons. The molecule has 1 aromatic carbocycles. The molecule has 7 nitrogen and oxygen atoms in total. The number of anilines is 1. The normalized spacial score (nSPS) is 16.7. The Labute approximate surface area is 138 Å². The van der Waals surface area contributed by atoms with Crippen molar-refractivity contribution in [3.63, 3.8) is 0 Å². The van der Waals surface area contributed by atoms with Crippen LogP contribution in [-0.4, -0.2) is 54.0 Å². The average molecular weight is 333 g/mol. The molecule has 2 amide bonds. The van der Waals surface area contributed by atoms with Gasteiger partial charge in [-0.1, -0.05) is 41.7 Å². The van der Waals surface area contributed by atoms with Crippen LogP contribution in [0.2, 0.25) is 0 Å². The number of amides is 2. The van der Waals surface area contributed by atoms with Gasteiger partial charge < -0.3 is 10.1 Å². The van der Waals surface area contributed by atoms with Crippen molar-refractivity contribution in [2.24, 2.45) is 0 Å². The Kier molecular flexibility index (Phi) is 5.51. The number of nitrogens with zero attached hydrogens (tertiary/aromatic N) is 3. The number of benzene rings is 1. The fourth-order valence-electron chi connectivity index (χ4n) is 2.58. The Morgan fingerprint density at radius 1 is 1.30 bits per heavy atom. The second-order valence-electron chi connectivity index (χ2n) is 5.15. The zero-order chi connectivity index (χ0) is 15.9. The van der Waals surface area contributed by atoms with Crippen LogP contribution in [0.3, 0.4) is 0 Å². The van der Waals surface area contributed by atoms with E-state index < -0.39 is 0 Å². The van der Waals surface area contributed by atoms with E-state index in [0.717, 1.165) is 26.3 Å². The van der Waals surface area contributed by atoms with Crippen LogP contribution in [0.5, 0.6) is 0 Å². The number of ether oxygens (including phenoxy) is 1. The molecule has 2 N–H and O–H groups in total. The molecule has 0 saturated carbocycles. The molecule has 1 aliphatic heterocycles. The molecular formula is C15H19N5O2S. The Balaban J connectivity index is 1.62. The van der Waals surface area contributed by atoms with Crippen LogP contribution in [0.15, 0.2) is 35.8 Å². The highest BCUT2D eigenvalue weighted by Crippen LogP contribution is 2.21. The number of aromatic nitrogens is 2. The largest absolute Gasteiger partial charge is 0.379 e. The van der Waals surface area contributed by atoms with Crippen LogP contribution >= 0.6 is 11.3 Å². The van der Waals surface area contributed by atoms with Gasteiger partial charge in [0.05, 0.1) is 19.3 Å². The van der Waals surface area contributed by atoms with Gasteiger partial charge in [0.2, 0.25) is 5.13 Å². The molecule has 23 heavy (non-hydrogen) atoms. The lowest BCUT2D eigenvalue weighted by molar-refractivity contribution is 0.0168. The van der Waals surface area contributed by atoms with Gasteiger partial charge in [0, 0.05) is 19.6 Å². The Hall–Kier alpha value is -2.03. The van der Waals surface area contributed by atoms with E-state index in [1.165, 1.54) is 16.9 Å². The first kappa shape index (κ1) is 15.9. The highest BCUT2D eigenvalue weighted by Gasteiger charge is 2.23. The third kappa shape index (κ3) is 4.47. The fourth-order valence-corrected chi connectivity index (χ4v) is 3.02. The molecule has 2 heterocycles. The fraction of sp³-hybridized carbons (Fsp3) is 0.400. The maximum atomic E-state index is 12.0. The molecule has 1 aliphatic rings. The van der Waals surface area contributed by atoms with Crippen molar-refractivity contribution >= 4 is 22.5 Å². The minimum Gasteiger partial charge on any atom is -0.379 e. The molecule has 1 aromatic heterocycles. The van der Waals surface area contributed by atoms with Gasteiger partial charge in [0.25, 0.3) is 0 Å². The van der Waals surface area contributed by atoms with E-state index in [1.807, 2.05) is 18.2 Å². The first-order chi connectivity index (χ1) is 11.3. The summed E-state index contributed by atoms with van der Waals surface area (Å²) in [4.78, 5) is 14.3. The Morgan fingerprint density at radius 2 is 2.09 bits per heavy atom. The molecule has 1 fully saturated rings. The van der Waals surface area contributed by atoms with Crippen molar-refractivity contribution in [3.8, 4) is 0 Å². The molecule has 3 rings (SSSR count). The van der Waals surface area contributed by atoms with E-state index in [-0.39, 0.29) is 12.1 Å². The van der Waals surface area contributed by atoms with Crippen LogP contribution in [0.4, 0.5) is 9.93 Å². The molecule has 8 heteroatoms. The highest BCUT2D eigenvalue weighted by molar-refractivity contribution is 7.13. The lowest BCUT2D eigenvalue weighted by Crippen LogP contribution is -2.44. The summed E-state index contributed by atoms with van der Waals surface area (Å²) in [6, 6.07) is 10.1. The summed E-state index contributed by atoms with van der Waals surface area (Å²) < 4.78 is 5.43. The number of urea groups is 1. The molecule has 1 saturated heterocycles. The van der Waals surface area contributed by atoms with Gasteiger partial charge in [-0.2, -0.15) is 0 Å². The van der Waals surface area contributed by atoms with Crippen LogP contribution in [0.1, 0.15) is 11.6 Å². The SMILES string of the molecule is O=C(NCC(c1ccccc1)N1CCOCC1)Nc1nncs1. The quantitative estimate of drug-likeness (QED) is 0.871. The maximum Gasteiger partial charge on any atom is 0.321 e. The Bertz CT molecular complexity index is 602. The van der Waals surface area contributed by atoms with Gasteiger partial charge in [0.1, 0.15) is 5.51 Å². The monoisotopic (exact) mass is 333 g/mol. The number of carbonyl (C=O) groups excluding carboxylic acids is 1. The van der Waals surface area contributed by atoms with Crippen LogP contribution in [0.25, 0.3) is 0 Å². The number of hydrogen-bond acceptors (Lipinski definition) is 6. The predicted octanol–water partition coefficient (Wildman–Crippen LogP) is 1.73. The standard InChI is InChI=1S/C15H19N5O2S/c21-14(18-15-19-17-11-23-15)16-10-13(12-4-2-1-3-5-12)20-6-8-22-9-7-20/h1-5,11,13H,6-10H2,(H2,16,18,19,21). The third-order valence-corrected chi connectivity index (χ3v) is 4.31. The van der Waals surface area contributed by atoms with E-state index in [1.54, 1.807) is 5.51 Å². The highest BCUT2D eigenvalue weighted by atomic mass is 32.1. The van der Waals surface area contributed by atoms with Crippen LogP contribution < -0.4 is 10.6 Å². The number of morpholine rings is 1.